The van der Waals surface area contributed by atoms with Crippen molar-refractivity contribution in [3.05, 3.63) is 30.0 Å². The standard InChI is InChI=1S/C19H24N4O2/c1-13-11-15-12-16(5-6-17(15)20-13)21-19(25)23-8-2-7-22(9-10-23)18(24)14-3-4-14/h5-6,11-12,14,20H,2-4,7-10H2,1H3,(H,21,25). The third-order valence-electron chi connectivity index (χ3n) is 5.03. The maximum atomic E-state index is 12.6. The van der Waals surface area contributed by atoms with Gasteiger partial charge in [0.15, 0.2) is 0 Å². The van der Waals surface area contributed by atoms with Gasteiger partial charge in [0, 0.05) is 54.4 Å². The molecule has 0 spiro atoms. The lowest BCUT2D eigenvalue weighted by Crippen LogP contribution is -2.39. The van der Waals surface area contributed by atoms with Crippen LogP contribution in [0.5, 0.6) is 0 Å². The summed E-state index contributed by atoms with van der Waals surface area (Å²) < 4.78 is 0. The lowest BCUT2D eigenvalue weighted by Gasteiger charge is -2.22. The number of anilines is 1. The van der Waals surface area contributed by atoms with E-state index in [1.807, 2.05) is 34.9 Å². The lowest BCUT2D eigenvalue weighted by atomic mass is 10.2. The quantitative estimate of drug-likeness (QED) is 0.882. The van der Waals surface area contributed by atoms with Crippen LogP contribution in [0.3, 0.4) is 0 Å². The summed E-state index contributed by atoms with van der Waals surface area (Å²) in [7, 11) is 0. The smallest absolute Gasteiger partial charge is 0.321 e. The van der Waals surface area contributed by atoms with Crippen LogP contribution in [0.4, 0.5) is 10.5 Å². The molecule has 1 aromatic heterocycles. The number of nitrogens with zero attached hydrogens (tertiary/aromatic N) is 2. The molecule has 2 aliphatic rings. The average molecular weight is 340 g/mol. The van der Waals surface area contributed by atoms with Gasteiger partial charge < -0.3 is 20.1 Å². The normalized spacial score (nSPS) is 18.3. The first-order valence-corrected chi connectivity index (χ1v) is 9.04. The molecule has 1 aromatic carbocycles. The number of benzene rings is 1. The summed E-state index contributed by atoms with van der Waals surface area (Å²) in [5.74, 6) is 0.521. The summed E-state index contributed by atoms with van der Waals surface area (Å²) in [5.41, 5.74) is 2.97. The Balaban J connectivity index is 1.38. The molecule has 2 N–H and O–H groups in total. The van der Waals surface area contributed by atoms with Crippen LogP contribution in [0, 0.1) is 12.8 Å². The molecule has 1 saturated carbocycles. The van der Waals surface area contributed by atoms with E-state index in [2.05, 4.69) is 16.4 Å². The van der Waals surface area contributed by atoms with E-state index in [4.69, 9.17) is 0 Å². The van der Waals surface area contributed by atoms with Crippen LogP contribution in [-0.2, 0) is 4.79 Å². The van der Waals surface area contributed by atoms with Gasteiger partial charge in [-0.3, -0.25) is 4.79 Å². The minimum absolute atomic E-state index is 0.0904. The Hall–Kier alpha value is -2.50. The molecular formula is C19H24N4O2. The number of carbonyl (C=O) groups excluding carboxylic acids is 2. The highest BCUT2D eigenvalue weighted by molar-refractivity contribution is 5.93. The third kappa shape index (κ3) is 3.48. The molecule has 4 rings (SSSR count). The van der Waals surface area contributed by atoms with Crippen molar-refractivity contribution >= 4 is 28.5 Å². The van der Waals surface area contributed by atoms with Gasteiger partial charge in [-0.05, 0) is 50.5 Å². The maximum absolute atomic E-state index is 12.6. The van der Waals surface area contributed by atoms with E-state index in [-0.39, 0.29) is 17.9 Å². The minimum atomic E-state index is -0.0904. The van der Waals surface area contributed by atoms with E-state index >= 15 is 0 Å². The van der Waals surface area contributed by atoms with Crippen LogP contribution >= 0.6 is 0 Å². The van der Waals surface area contributed by atoms with Crippen LogP contribution < -0.4 is 5.32 Å². The number of rotatable bonds is 2. The van der Waals surface area contributed by atoms with Gasteiger partial charge >= 0.3 is 6.03 Å². The topological polar surface area (TPSA) is 68.4 Å². The summed E-state index contributed by atoms with van der Waals surface area (Å²) in [6, 6.07) is 7.86. The number of hydrogen-bond acceptors (Lipinski definition) is 2. The van der Waals surface area contributed by atoms with E-state index in [1.54, 1.807) is 0 Å². The molecular weight excluding hydrogens is 316 g/mol. The fraction of sp³-hybridized carbons (Fsp3) is 0.474. The number of aromatic amines is 1. The van der Waals surface area contributed by atoms with E-state index < -0.39 is 0 Å². The van der Waals surface area contributed by atoms with Gasteiger partial charge in [-0.25, -0.2) is 4.79 Å². The van der Waals surface area contributed by atoms with Gasteiger partial charge in [0.1, 0.15) is 0 Å². The highest BCUT2D eigenvalue weighted by Gasteiger charge is 2.34. The fourth-order valence-electron chi connectivity index (χ4n) is 3.49. The molecule has 3 amide bonds. The molecule has 132 valence electrons. The van der Waals surface area contributed by atoms with E-state index in [0.29, 0.717) is 19.6 Å². The largest absolute Gasteiger partial charge is 0.359 e. The SMILES string of the molecule is Cc1cc2cc(NC(=O)N3CCCN(C(=O)C4CC4)CC3)ccc2[nH]1. The molecule has 1 aliphatic carbocycles. The molecule has 0 atom stereocenters. The first-order valence-electron chi connectivity index (χ1n) is 9.04. The number of carbonyl (C=O) groups is 2. The number of amides is 3. The lowest BCUT2D eigenvalue weighted by molar-refractivity contribution is -0.132. The zero-order valence-electron chi connectivity index (χ0n) is 14.5. The Morgan fingerprint density at radius 3 is 2.64 bits per heavy atom. The van der Waals surface area contributed by atoms with Crippen LogP contribution in [0.2, 0.25) is 0 Å². The summed E-state index contributed by atoms with van der Waals surface area (Å²) >= 11 is 0. The van der Waals surface area contributed by atoms with E-state index in [1.165, 1.54) is 0 Å². The second-order valence-corrected chi connectivity index (χ2v) is 7.12. The van der Waals surface area contributed by atoms with Gasteiger partial charge in [-0.2, -0.15) is 0 Å². The Kier molecular flexibility index (Phi) is 4.11. The van der Waals surface area contributed by atoms with Crippen molar-refractivity contribution in [1.29, 1.82) is 0 Å². The highest BCUT2D eigenvalue weighted by atomic mass is 16.2. The number of fused-ring (bicyclic) bond motifs is 1. The van der Waals surface area contributed by atoms with E-state index in [0.717, 1.165) is 48.1 Å². The predicted molar refractivity (Wildman–Crippen MR) is 97.5 cm³/mol. The van der Waals surface area contributed by atoms with Crippen molar-refractivity contribution in [1.82, 2.24) is 14.8 Å². The van der Waals surface area contributed by atoms with Crippen LogP contribution in [0.25, 0.3) is 10.9 Å². The van der Waals surface area contributed by atoms with Crippen LogP contribution in [0.15, 0.2) is 24.3 Å². The summed E-state index contributed by atoms with van der Waals surface area (Å²) in [4.78, 5) is 31.8. The number of aryl methyl sites for hydroxylation is 1. The number of aromatic nitrogens is 1. The van der Waals surface area contributed by atoms with Gasteiger partial charge in [0.25, 0.3) is 0 Å². The molecule has 6 heteroatoms. The van der Waals surface area contributed by atoms with Crippen molar-refractivity contribution in [3.63, 3.8) is 0 Å². The first kappa shape index (κ1) is 16.0. The number of H-pyrrole nitrogens is 1. The van der Waals surface area contributed by atoms with Crippen molar-refractivity contribution in [2.24, 2.45) is 5.92 Å². The highest BCUT2D eigenvalue weighted by Crippen LogP contribution is 2.31. The summed E-state index contributed by atoms with van der Waals surface area (Å²) in [6.07, 6.45) is 2.89. The zero-order chi connectivity index (χ0) is 17.4. The molecule has 2 heterocycles. The molecule has 0 radical (unpaired) electrons. The monoisotopic (exact) mass is 340 g/mol. The number of hydrogen-bond donors (Lipinski definition) is 2. The molecule has 1 saturated heterocycles. The Morgan fingerprint density at radius 2 is 1.84 bits per heavy atom. The van der Waals surface area contributed by atoms with Gasteiger partial charge in [-0.1, -0.05) is 0 Å². The van der Waals surface area contributed by atoms with Crippen molar-refractivity contribution < 1.29 is 9.59 Å². The average Bonchev–Trinajstić information content (AvgIpc) is 3.39. The molecule has 1 aliphatic heterocycles. The second kappa shape index (κ2) is 6.43. The molecule has 0 bridgehead atoms. The Bertz CT molecular complexity index is 809. The summed E-state index contributed by atoms with van der Waals surface area (Å²) in [6.45, 7) is 4.69. The third-order valence-corrected chi connectivity index (χ3v) is 5.03. The van der Waals surface area contributed by atoms with Crippen molar-refractivity contribution in [3.8, 4) is 0 Å². The maximum Gasteiger partial charge on any atom is 0.321 e. The molecule has 2 fully saturated rings. The van der Waals surface area contributed by atoms with E-state index in [9.17, 15) is 9.59 Å². The van der Waals surface area contributed by atoms with Gasteiger partial charge in [0.05, 0.1) is 0 Å². The van der Waals surface area contributed by atoms with Gasteiger partial charge in [-0.15, -0.1) is 0 Å². The van der Waals surface area contributed by atoms with Crippen molar-refractivity contribution in [2.45, 2.75) is 26.2 Å². The number of urea groups is 1. The fourth-order valence-corrected chi connectivity index (χ4v) is 3.49. The molecule has 25 heavy (non-hydrogen) atoms. The van der Waals surface area contributed by atoms with Gasteiger partial charge in [0.2, 0.25) is 5.91 Å². The molecule has 2 aromatic rings. The summed E-state index contributed by atoms with van der Waals surface area (Å²) in [5, 5.41) is 4.08. The zero-order valence-corrected chi connectivity index (χ0v) is 14.5. The predicted octanol–water partition coefficient (Wildman–Crippen LogP) is 2.95. The van der Waals surface area contributed by atoms with Crippen LogP contribution in [-0.4, -0.2) is 52.9 Å². The van der Waals surface area contributed by atoms with Crippen LogP contribution in [0.1, 0.15) is 25.0 Å². The molecule has 6 nitrogen and oxygen atoms in total. The Morgan fingerprint density at radius 1 is 1.08 bits per heavy atom. The Labute approximate surface area is 147 Å². The second-order valence-electron chi connectivity index (χ2n) is 7.12. The van der Waals surface area contributed by atoms with Crippen molar-refractivity contribution in [2.75, 3.05) is 31.5 Å². The molecule has 0 unspecified atom stereocenters. The number of nitrogens with one attached hydrogen (secondary N) is 2. The minimum Gasteiger partial charge on any atom is -0.359 e. The first-order chi connectivity index (χ1) is 12.1.